The number of rotatable bonds is 4. The number of nitrogens with one attached hydrogen (secondary N) is 2. The summed E-state index contributed by atoms with van der Waals surface area (Å²) in [4.78, 5) is 26.1. The van der Waals surface area contributed by atoms with Crippen molar-refractivity contribution in [1.29, 1.82) is 0 Å². The summed E-state index contributed by atoms with van der Waals surface area (Å²) >= 11 is 0. The van der Waals surface area contributed by atoms with Crippen LogP contribution < -0.4 is 16.2 Å². The highest BCUT2D eigenvalue weighted by Gasteiger charge is 2.20. The molecule has 174 valence electrons. The molecular formula is C22H24Cl2FN7O. The molecule has 4 aromatic rings. The van der Waals surface area contributed by atoms with Crippen LogP contribution in [0.5, 0.6) is 0 Å². The first kappa shape index (κ1) is 24.6. The fourth-order valence-electron chi connectivity index (χ4n) is 3.93. The molecule has 0 spiro atoms. The number of pyridine rings is 1. The summed E-state index contributed by atoms with van der Waals surface area (Å²) in [6, 6.07) is 8.89. The lowest BCUT2D eigenvalue weighted by molar-refractivity contribution is 0.471. The number of hydrogen-bond acceptors (Lipinski definition) is 6. The third kappa shape index (κ3) is 4.57. The molecule has 33 heavy (non-hydrogen) atoms. The first-order chi connectivity index (χ1) is 15.0. The second-order valence-electron chi connectivity index (χ2n) is 7.86. The molecule has 5 rings (SSSR count). The van der Waals surface area contributed by atoms with Gasteiger partial charge in [-0.05, 0) is 62.2 Å². The van der Waals surface area contributed by atoms with Gasteiger partial charge < -0.3 is 10.6 Å². The summed E-state index contributed by atoms with van der Waals surface area (Å²) < 4.78 is 16.6. The van der Waals surface area contributed by atoms with Gasteiger partial charge in [0.1, 0.15) is 11.2 Å². The number of halogens is 3. The lowest BCUT2D eigenvalue weighted by atomic mass is 10.0. The molecule has 8 nitrogen and oxygen atoms in total. The molecule has 0 amide bonds. The number of nitrogens with zero attached hydrogens (tertiary/aromatic N) is 5. The molecule has 0 unspecified atom stereocenters. The Morgan fingerprint density at radius 1 is 1.09 bits per heavy atom. The average molecular weight is 492 g/mol. The highest BCUT2D eigenvalue weighted by Crippen LogP contribution is 2.23. The van der Waals surface area contributed by atoms with Crippen molar-refractivity contribution in [2.75, 3.05) is 11.9 Å². The van der Waals surface area contributed by atoms with Crippen LogP contribution in [0.15, 0.2) is 47.5 Å². The van der Waals surface area contributed by atoms with Crippen LogP contribution in [0, 0.1) is 5.82 Å². The molecule has 0 fully saturated rings. The van der Waals surface area contributed by atoms with Gasteiger partial charge in [0.25, 0.3) is 5.56 Å². The third-order valence-corrected chi connectivity index (χ3v) is 5.39. The Kier molecular flexibility index (Phi) is 7.36. The Morgan fingerprint density at radius 2 is 1.91 bits per heavy atom. The minimum absolute atomic E-state index is 0. The van der Waals surface area contributed by atoms with Crippen molar-refractivity contribution >= 4 is 47.5 Å². The maximum Gasteiger partial charge on any atom is 0.278 e. The second-order valence-corrected chi connectivity index (χ2v) is 7.86. The van der Waals surface area contributed by atoms with Crippen molar-refractivity contribution in [2.24, 2.45) is 0 Å². The predicted molar refractivity (Wildman–Crippen MR) is 131 cm³/mol. The van der Waals surface area contributed by atoms with Crippen molar-refractivity contribution in [1.82, 2.24) is 29.6 Å². The van der Waals surface area contributed by atoms with Gasteiger partial charge in [-0.3, -0.25) is 4.79 Å². The molecule has 1 aliphatic heterocycles. The smallest absolute Gasteiger partial charge is 0.278 e. The Balaban J connectivity index is 0.00000153. The summed E-state index contributed by atoms with van der Waals surface area (Å²) in [6.07, 6.45) is 3.65. The lowest BCUT2D eigenvalue weighted by Gasteiger charge is -2.18. The Hall–Kier alpha value is -3.01. The van der Waals surface area contributed by atoms with Crippen LogP contribution in [0.25, 0.3) is 16.9 Å². The molecule has 0 atom stereocenters. The summed E-state index contributed by atoms with van der Waals surface area (Å²) in [5.74, 6) is 0.331. The number of anilines is 2. The molecule has 0 saturated carbocycles. The Bertz CT molecular complexity index is 1340. The number of fused-ring (bicyclic) bond motifs is 2. The Morgan fingerprint density at radius 3 is 2.64 bits per heavy atom. The molecule has 0 saturated heterocycles. The molecular weight excluding hydrogens is 468 g/mol. The lowest BCUT2D eigenvalue weighted by Crippen LogP contribution is -2.24. The van der Waals surface area contributed by atoms with Crippen LogP contribution in [0.1, 0.15) is 31.0 Å². The van der Waals surface area contributed by atoms with Crippen molar-refractivity contribution < 1.29 is 4.39 Å². The van der Waals surface area contributed by atoms with Gasteiger partial charge in [-0.2, -0.15) is 4.98 Å². The maximum atomic E-state index is 13.4. The molecule has 0 radical (unpaired) electrons. The van der Waals surface area contributed by atoms with Crippen molar-refractivity contribution in [2.45, 2.75) is 32.9 Å². The molecule has 3 aromatic heterocycles. The van der Waals surface area contributed by atoms with E-state index < -0.39 is 5.82 Å². The van der Waals surface area contributed by atoms with Crippen molar-refractivity contribution in [3.8, 4) is 5.82 Å². The zero-order valence-electron chi connectivity index (χ0n) is 18.1. The van der Waals surface area contributed by atoms with Crippen molar-refractivity contribution in [3.63, 3.8) is 0 Å². The average Bonchev–Trinajstić information content (AvgIpc) is 3.06. The van der Waals surface area contributed by atoms with E-state index in [9.17, 15) is 9.18 Å². The van der Waals surface area contributed by atoms with E-state index in [2.05, 4.69) is 37.7 Å². The van der Waals surface area contributed by atoms with Crippen LogP contribution >= 0.6 is 24.8 Å². The maximum absolute atomic E-state index is 13.4. The standard InChI is InChI=1S/C22H22FN7O.2ClH/c1-13(2)29-21(31)18-12-26-22(27-17-5-3-14-7-8-24-10-15(14)9-17)28-20(18)30(29)19-6-4-16(23)11-25-19;;/h3-6,9,11-13,24H,7-8,10H2,1-2H3,(H,26,27,28);2*1H. The van der Waals surface area contributed by atoms with Crippen LogP contribution in [-0.4, -0.2) is 30.9 Å². The van der Waals surface area contributed by atoms with Gasteiger partial charge in [0.15, 0.2) is 11.5 Å². The third-order valence-electron chi connectivity index (χ3n) is 5.39. The van der Waals surface area contributed by atoms with Gasteiger partial charge in [-0.1, -0.05) is 6.07 Å². The van der Waals surface area contributed by atoms with E-state index in [1.165, 1.54) is 29.5 Å². The summed E-state index contributed by atoms with van der Waals surface area (Å²) in [6.45, 7) is 5.61. The topological polar surface area (TPSA) is 89.7 Å². The van der Waals surface area contributed by atoms with Crippen LogP contribution in [0.2, 0.25) is 0 Å². The predicted octanol–water partition coefficient (Wildman–Crippen LogP) is 3.93. The van der Waals surface area contributed by atoms with Gasteiger partial charge >= 0.3 is 0 Å². The monoisotopic (exact) mass is 491 g/mol. The number of hydrogen-bond donors (Lipinski definition) is 2. The van der Waals surface area contributed by atoms with Crippen LogP contribution in [-0.2, 0) is 13.0 Å². The van der Waals surface area contributed by atoms with E-state index in [0.717, 1.165) is 31.4 Å². The first-order valence-corrected chi connectivity index (χ1v) is 10.2. The number of aromatic nitrogens is 5. The summed E-state index contributed by atoms with van der Waals surface area (Å²) in [5, 5.41) is 6.98. The SMILES string of the molecule is CC(C)n1c(=O)c2cnc(Nc3ccc4c(c3)CNCC4)nc2n1-c1ccc(F)cn1.Cl.Cl. The minimum atomic E-state index is -0.447. The van der Waals surface area contributed by atoms with Crippen LogP contribution in [0.4, 0.5) is 16.0 Å². The van der Waals surface area contributed by atoms with Crippen molar-refractivity contribution in [3.05, 3.63) is 70.0 Å². The molecule has 4 heterocycles. The van der Waals surface area contributed by atoms with E-state index in [1.54, 1.807) is 9.36 Å². The van der Waals surface area contributed by atoms with Gasteiger partial charge in [0.2, 0.25) is 5.95 Å². The van der Waals surface area contributed by atoms with E-state index >= 15 is 0 Å². The highest BCUT2D eigenvalue weighted by molar-refractivity contribution is 5.85. The second kappa shape index (κ2) is 9.86. The zero-order valence-corrected chi connectivity index (χ0v) is 19.7. The van der Waals surface area contributed by atoms with Crippen LogP contribution in [0.3, 0.4) is 0 Å². The van der Waals surface area contributed by atoms with Gasteiger partial charge in [-0.15, -0.1) is 24.8 Å². The largest absolute Gasteiger partial charge is 0.324 e. The zero-order chi connectivity index (χ0) is 21.5. The molecule has 1 aromatic carbocycles. The van der Waals surface area contributed by atoms with E-state index in [4.69, 9.17) is 0 Å². The minimum Gasteiger partial charge on any atom is -0.324 e. The quantitative estimate of drug-likeness (QED) is 0.449. The van der Waals surface area contributed by atoms with E-state index in [-0.39, 0.29) is 36.4 Å². The fourth-order valence-corrected chi connectivity index (χ4v) is 3.93. The first-order valence-electron chi connectivity index (χ1n) is 10.2. The normalized spacial score (nSPS) is 12.7. The van der Waals surface area contributed by atoms with Gasteiger partial charge in [0, 0.05) is 24.5 Å². The fraction of sp³-hybridized carbons (Fsp3) is 0.273. The molecule has 2 N–H and O–H groups in total. The molecule has 1 aliphatic rings. The van der Waals surface area contributed by atoms with Gasteiger partial charge in [-0.25, -0.2) is 23.7 Å². The molecule has 11 heteroatoms. The summed E-state index contributed by atoms with van der Waals surface area (Å²) in [5.41, 5.74) is 3.65. The highest BCUT2D eigenvalue weighted by atomic mass is 35.5. The van der Waals surface area contributed by atoms with E-state index in [0.29, 0.717) is 22.8 Å². The Labute approximate surface area is 202 Å². The molecule has 0 bridgehead atoms. The van der Waals surface area contributed by atoms with E-state index in [1.807, 2.05) is 19.9 Å². The number of benzene rings is 1. The summed E-state index contributed by atoms with van der Waals surface area (Å²) in [7, 11) is 0. The van der Waals surface area contributed by atoms with Gasteiger partial charge in [0.05, 0.1) is 6.20 Å². The molecule has 0 aliphatic carbocycles.